The molecule has 1 aliphatic heterocycles. The number of aromatic nitrogens is 2. The molecule has 1 atom stereocenters. The number of nitrogens with one attached hydrogen (secondary N) is 1. The van der Waals surface area contributed by atoms with E-state index < -0.39 is 0 Å². The fourth-order valence-electron chi connectivity index (χ4n) is 2.99. The number of H-pyrrole nitrogens is 1. The monoisotopic (exact) mass is 283 g/mol. The molecule has 110 valence electrons. The Balaban J connectivity index is 1.63. The quantitative estimate of drug-likeness (QED) is 0.937. The van der Waals surface area contributed by atoms with E-state index in [9.17, 15) is 4.79 Å². The van der Waals surface area contributed by atoms with Crippen molar-refractivity contribution >= 4 is 5.91 Å². The number of hydrogen-bond donors (Lipinski definition) is 1. The van der Waals surface area contributed by atoms with Crippen LogP contribution in [-0.4, -0.2) is 27.3 Å². The zero-order valence-electron chi connectivity index (χ0n) is 12.4. The highest BCUT2D eigenvalue weighted by Crippen LogP contribution is 2.30. The normalized spacial score (nSPS) is 18.1. The highest BCUT2D eigenvalue weighted by molar-refractivity contribution is 5.77. The van der Waals surface area contributed by atoms with Crippen LogP contribution in [0.1, 0.15) is 42.4 Å². The summed E-state index contributed by atoms with van der Waals surface area (Å²) in [5.74, 6) is 1.16. The molecule has 4 heteroatoms. The summed E-state index contributed by atoms with van der Waals surface area (Å²) in [5, 5.41) is 0. The predicted molar refractivity (Wildman–Crippen MR) is 81.8 cm³/mol. The Hall–Kier alpha value is -2.10. The van der Waals surface area contributed by atoms with E-state index in [1.54, 1.807) is 0 Å². The number of carbonyl (C=O) groups excluding carboxylic acids is 1. The average molecular weight is 283 g/mol. The Morgan fingerprint density at radius 3 is 2.90 bits per heavy atom. The molecule has 1 N–H and O–H groups in total. The van der Waals surface area contributed by atoms with Crippen molar-refractivity contribution in [2.24, 2.45) is 0 Å². The van der Waals surface area contributed by atoms with Gasteiger partial charge in [0.15, 0.2) is 0 Å². The Morgan fingerprint density at radius 2 is 2.19 bits per heavy atom. The lowest BCUT2D eigenvalue weighted by Gasteiger charge is -2.23. The number of benzene rings is 1. The summed E-state index contributed by atoms with van der Waals surface area (Å²) in [5.41, 5.74) is 2.27. The van der Waals surface area contributed by atoms with Crippen molar-refractivity contribution in [3.63, 3.8) is 0 Å². The molecule has 2 heterocycles. The molecule has 4 nitrogen and oxygen atoms in total. The third-order valence-corrected chi connectivity index (χ3v) is 4.08. The minimum Gasteiger partial charge on any atom is -0.344 e. The van der Waals surface area contributed by atoms with Crippen LogP contribution in [-0.2, 0) is 11.2 Å². The highest BCUT2D eigenvalue weighted by Gasteiger charge is 2.31. The molecule has 0 spiro atoms. The molecule has 0 radical (unpaired) electrons. The van der Waals surface area contributed by atoms with Crippen LogP contribution in [0.2, 0.25) is 0 Å². The van der Waals surface area contributed by atoms with Crippen molar-refractivity contribution in [2.75, 3.05) is 6.54 Å². The minimum absolute atomic E-state index is 0.127. The van der Waals surface area contributed by atoms with Crippen LogP contribution in [0.25, 0.3) is 0 Å². The summed E-state index contributed by atoms with van der Waals surface area (Å²) < 4.78 is 0. The van der Waals surface area contributed by atoms with Crippen LogP contribution >= 0.6 is 0 Å². The Kier molecular flexibility index (Phi) is 4.04. The van der Waals surface area contributed by atoms with E-state index in [1.165, 1.54) is 5.56 Å². The third-order valence-electron chi connectivity index (χ3n) is 4.08. The van der Waals surface area contributed by atoms with E-state index in [1.807, 2.05) is 36.2 Å². The Labute approximate surface area is 125 Å². The molecule has 1 aliphatic rings. The standard InChI is InChI=1S/C17H21N3O/c1-13-12-18-17(19-13)15-8-5-11-20(15)16(21)10-9-14-6-3-2-4-7-14/h2-4,6-7,12,15H,5,8-11H2,1H3,(H,18,19)/t15-/m1/s1. The molecule has 2 aromatic rings. The summed E-state index contributed by atoms with van der Waals surface area (Å²) in [4.78, 5) is 22.2. The predicted octanol–water partition coefficient (Wildman–Crippen LogP) is 3.01. The lowest BCUT2D eigenvalue weighted by Crippen LogP contribution is -2.31. The largest absolute Gasteiger partial charge is 0.344 e. The lowest BCUT2D eigenvalue weighted by molar-refractivity contribution is -0.132. The molecule has 21 heavy (non-hydrogen) atoms. The zero-order chi connectivity index (χ0) is 14.7. The molecule has 1 aromatic heterocycles. The molecule has 3 rings (SSSR count). The van der Waals surface area contributed by atoms with Crippen LogP contribution in [0.15, 0.2) is 36.5 Å². The van der Waals surface area contributed by atoms with Crippen LogP contribution in [0, 0.1) is 6.92 Å². The summed E-state index contributed by atoms with van der Waals surface area (Å²) in [6.45, 7) is 2.84. The maximum absolute atomic E-state index is 12.5. The second kappa shape index (κ2) is 6.12. The number of amides is 1. The number of carbonyl (C=O) groups is 1. The molecule has 1 aromatic carbocycles. The van der Waals surface area contributed by atoms with Crippen LogP contribution in [0.5, 0.6) is 0 Å². The van der Waals surface area contributed by atoms with Crippen LogP contribution in [0.3, 0.4) is 0 Å². The van der Waals surface area contributed by atoms with E-state index in [0.29, 0.717) is 6.42 Å². The van der Waals surface area contributed by atoms with Gasteiger partial charge >= 0.3 is 0 Å². The number of rotatable bonds is 4. The zero-order valence-corrected chi connectivity index (χ0v) is 12.4. The number of aromatic amines is 1. The van der Waals surface area contributed by atoms with Gasteiger partial charge in [-0.3, -0.25) is 4.79 Å². The van der Waals surface area contributed by atoms with Gasteiger partial charge < -0.3 is 9.88 Å². The molecule has 0 saturated carbocycles. The van der Waals surface area contributed by atoms with Gasteiger partial charge in [0.2, 0.25) is 5.91 Å². The van der Waals surface area contributed by atoms with E-state index in [-0.39, 0.29) is 11.9 Å². The summed E-state index contributed by atoms with van der Waals surface area (Å²) in [6, 6.07) is 10.3. The van der Waals surface area contributed by atoms with E-state index in [2.05, 4.69) is 22.1 Å². The third kappa shape index (κ3) is 3.15. The average Bonchev–Trinajstić information content (AvgIpc) is 3.14. The second-order valence-corrected chi connectivity index (χ2v) is 5.68. The number of aryl methyl sites for hydroxylation is 2. The van der Waals surface area contributed by atoms with E-state index in [0.717, 1.165) is 37.3 Å². The highest BCUT2D eigenvalue weighted by atomic mass is 16.2. The van der Waals surface area contributed by atoms with Gasteiger partial charge in [-0.25, -0.2) is 4.98 Å². The molecule has 0 aliphatic carbocycles. The van der Waals surface area contributed by atoms with Gasteiger partial charge in [-0.05, 0) is 31.7 Å². The Bertz CT molecular complexity index is 606. The van der Waals surface area contributed by atoms with Crippen molar-refractivity contribution in [3.05, 3.63) is 53.6 Å². The van der Waals surface area contributed by atoms with E-state index in [4.69, 9.17) is 0 Å². The van der Waals surface area contributed by atoms with Gasteiger partial charge in [0.1, 0.15) is 5.82 Å². The van der Waals surface area contributed by atoms with Crippen molar-refractivity contribution in [2.45, 2.75) is 38.6 Å². The van der Waals surface area contributed by atoms with Gasteiger partial charge in [-0.1, -0.05) is 30.3 Å². The molecule has 1 amide bonds. The van der Waals surface area contributed by atoms with E-state index >= 15 is 0 Å². The second-order valence-electron chi connectivity index (χ2n) is 5.68. The van der Waals surface area contributed by atoms with Crippen molar-refractivity contribution in [1.82, 2.24) is 14.9 Å². The molecule has 1 saturated heterocycles. The van der Waals surface area contributed by atoms with Gasteiger partial charge in [0.05, 0.1) is 6.04 Å². The molecule has 0 bridgehead atoms. The Morgan fingerprint density at radius 1 is 1.38 bits per heavy atom. The maximum atomic E-state index is 12.5. The fourth-order valence-corrected chi connectivity index (χ4v) is 2.99. The van der Waals surface area contributed by atoms with Crippen LogP contribution in [0.4, 0.5) is 0 Å². The lowest BCUT2D eigenvalue weighted by atomic mass is 10.1. The van der Waals surface area contributed by atoms with Gasteiger partial charge in [-0.15, -0.1) is 0 Å². The molecular weight excluding hydrogens is 262 g/mol. The molecule has 0 unspecified atom stereocenters. The van der Waals surface area contributed by atoms with Gasteiger partial charge in [0.25, 0.3) is 0 Å². The maximum Gasteiger partial charge on any atom is 0.223 e. The molecular formula is C17H21N3O. The number of likely N-dealkylation sites (tertiary alicyclic amines) is 1. The number of nitrogens with zero attached hydrogens (tertiary/aromatic N) is 2. The smallest absolute Gasteiger partial charge is 0.223 e. The summed E-state index contributed by atoms with van der Waals surface area (Å²) in [6.07, 6.45) is 5.27. The first-order chi connectivity index (χ1) is 10.2. The fraction of sp³-hybridized carbons (Fsp3) is 0.412. The summed E-state index contributed by atoms with van der Waals surface area (Å²) in [7, 11) is 0. The van der Waals surface area contributed by atoms with Crippen LogP contribution < -0.4 is 0 Å². The SMILES string of the molecule is Cc1cnc([C@H]2CCCN2C(=O)CCc2ccccc2)[nH]1. The first-order valence-electron chi connectivity index (χ1n) is 7.59. The first kappa shape index (κ1) is 13.9. The number of imidazole rings is 1. The molecule has 1 fully saturated rings. The topological polar surface area (TPSA) is 49.0 Å². The van der Waals surface area contributed by atoms with Gasteiger partial charge in [0, 0.05) is 24.9 Å². The van der Waals surface area contributed by atoms with Crippen molar-refractivity contribution in [3.8, 4) is 0 Å². The first-order valence-corrected chi connectivity index (χ1v) is 7.59. The summed E-state index contributed by atoms with van der Waals surface area (Å²) >= 11 is 0. The van der Waals surface area contributed by atoms with Crippen molar-refractivity contribution in [1.29, 1.82) is 0 Å². The van der Waals surface area contributed by atoms with Crippen molar-refractivity contribution < 1.29 is 4.79 Å². The number of hydrogen-bond acceptors (Lipinski definition) is 2. The minimum atomic E-state index is 0.127. The van der Waals surface area contributed by atoms with Gasteiger partial charge in [-0.2, -0.15) is 0 Å².